The zero-order valence-corrected chi connectivity index (χ0v) is 9.02. The van der Waals surface area contributed by atoms with Crippen LogP contribution < -0.4 is 0 Å². The lowest BCUT2D eigenvalue weighted by Gasteiger charge is -2.16. The molecule has 0 N–H and O–H groups in total. The van der Waals surface area contributed by atoms with E-state index in [9.17, 15) is 4.79 Å². The van der Waals surface area contributed by atoms with E-state index in [1.54, 1.807) is 0 Å². The maximum Gasteiger partial charge on any atom is 0.166 e. The van der Waals surface area contributed by atoms with E-state index in [1.165, 1.54) is 0 Å². The molecule has 1 aromatic carbocycles. The van der Waals surface area contributed by atoms with Crippen molar-refractivity contribution in [1.82, 2.24) is 0 Å². The molecule has 1 heteroatoms. The second-order valence-electron chi connectivity index (χ2n) is 4.19. The number of Topliss-reactive ketones (excluding diaryl/α,β-unsaturated/α-hetero) is 1. The van der Waals surface area contributed by atoms with Gasteiger partial charge in [-0.25, -0.2) is 0 Å². The Kier molecular flexibility index (Phi) is 3.00. The number of ketones is 1. The highest BCUT2D eigenvalue weighted by atomic mass is 16.1. The summed E-state index contributed by atoms with van der Waals surface area (Å²) < 4.78 is 0. The fourth-order valence-electron chi connectivity index (χ4n) is 2.13. The van der Waals surface area contributed by atoms with E-state index in [0.29, 0.717) is 5.92 Å². The van der Waals surface area contributed by atoms with Crippen LogP contribution in [0.4, 0.5) is 0 Å². The Hall–Kier alpha value is -1.37. The summed E-state index contributed by atoms with van der Waals surface area (Å²) in [6.45, 7) is 2.04. The van der Waals surface area contributed by atoms with Crippen LogP contribution in [0.15, 0.2) is 42.5 Å². The van der Waals surface area contributed by atoms with Gasteiger partial charge in [-0.3, -0.25) is 4.79 Å². The van der Waals surface area contributed by atoms with Gasteiger partial charge < -0.3 is 0 Å². The standard InChI is InChI=1S/C14H16O/c1-11(12-7-5-6-8-12)14(15)13-9-3-2-4-10-13/h2-5,7,9-12H,6,8H2,1H3. The first-order chi connectivity index (χ1) is 7.29. The topological polar surface area (TPSA) is 17.1 Å². The van der Waals surface area contributed by atoms with E-state index >= 15 is 0 Å². The van der Waals surface area contributed by atoms with Crippen molar-refractivity contribution >= 4 is 5.78 Å². The van der Waals surface area contributed by atoms with E-state index in [2.05, 4.69) is 12.2 Å². The molecule has 1 aliphatic rings. The summed E-state index contributed by atoms with van der Waals surface area (Å²) >= 11 is 0. The molecule has 1 nitrogen and oxygen atoms in total. The number of benzene rings is 1. The van der Waals surface area contributed by atoms with Gasteiger partial charge in [0, 0.05) is 11.5 Å². The number of hydrogen-bond donors (Lipinski definition) is 0. The molecule has 0 amide bonds. The van der Waals surface area contributed by atoms with Crippen LogP contribution in [0, 0.1) is 11.8 Å². The monoisotopic (exact) mass is 200 g/mol. The van der Waals surface area contributed by atoms with Crippen LogP contribution in [-0.4, -0.2) is 5.78 Å². The molecular formula is C14H16O. The molecule has 0 radical (unpaired) electrons. The van der Waals surface area contributed by atoms with Crippen molar-refractivity contribution < 1.29 is 4.79 Å². The van der Waals surface area contributed by atoms with Gasteiger partial charge in [-0.15, -0.1) is 0 Å². The summed E-state index contributed by atoms with van der Waals surface area (Å²) in [6, 6.07) is 9.58. The molecule has 2 unspecified atom stereocenters. The molecule has 1 aliphatic carbocycles. The maximum atomic E-state index is 12.1. The first-order valence-electron chi connectivity index (χ1n) is 5.55. The Labute approximate surface area is 90.8 Å². The summed E-state index contributed by atoms with van der Waals surface area (Å²) in [5.41, 5.74) is 0.838. The van der Waals surface area contributed by atoms with Crippen LogP contribution in [-0.2, 0) is 0 Å². The Morgan fingerprint density at radius 2 is 2.07 bits per heavy atom. The van der Waals surface area contributed by atoms with Gasteiger partial charge in [0.1, 0.15) is 0 Å². The van der Waals surface area contributed by atoms with Gasteiger partial charge in [0.15, 0.2) is 5.78 Å². The number of hydrogen-bond acceptors (Lipinski definition) is 1. The van der Waals surface area contributed by atoms with Crippen molar-refractivity contribution in [1.29, 1.82) is 0 Å². The molecule has 15 heavy (non-hydrogen) atoms. The Morgan fingerprint density at radius 1 is 1.33 bits per heavy atom. The zero-order chi connectivity index (χ0) is 10.7. The molecule has 78 valence electrons. The first-order valence-corrected chi connectivity index (χ1v) is 5.55. The van der Waals surface area contributed by atoms with E-state index in [0.717, 1.165) is 18.4 Å². The van der Waals surface area contributed by atoms with E-state index in [1.807, 2.05) is 37.3 Å². The average molecular weight is 200 g/mol. The second kappa shape index (κ2) is 4.43. The lowest BCUT2D eigenvalue weighted by molar-refractivity contribution is 0.0902. The molecule has 2 rings (SSSR count). The van der Waals surface area contributed by atoms with Crippen LogP contribution in [0.5, 0.6) is 0 Å². The third kappa shape index (κ3) is 2.17. The molecule has 0 aromatic heterocycles. The third-order valence-corrected chi connectivity index (χ3v) is 3.16. The van der Waals surface area contributed by atoms with Gasteiger partial charge in [0.05, 0.1) is 0 Å². The third-order valence-electron chi connectivity index (χ3n) is 3.16. The van der Waals surface area contributed by atoms with E-state index < -0.39 is 0 Å². The predicted octanol–water partition coefficient (Wildman–Crippen LogP) is 3.47. The average Bonchev–Trinajstić information content (AvgIpc) is 2.82. The predicted molar refractivity (Wildman–Crippen MR) is 61.8 cm³/mol. The molecule has 0 bridgehead atoms. The number of rotatable bonds is 3. The molecular weight excluding hydrogens is 184 g/mol. The summed E-state index contributed by atoms with van der Waals surface area (Å²) in [5.74, 6) is 0.830. The lowest BCUT2D eigenvalue weighted by Crippen LogP contribution is -2.18. The van der Waals surface area contributed by atoms with Crippen molar-refractivity contribution in [3.8, 4) is 0 Å². The molecule has 0 heterocycles. The number of carbonyl (C=O) groups excluding carboxylic acids is 1. The number of carbonyl (C=O) groups is 1. The van der Waals surface area contributed by atoms with Gasteiger partial charge >= 0.3 is 0 Å². The fourth-order valence-corrected chi connectivity index (χ4v) is 2.13. The molecule has 0 saturated heterocycles. The molecule has 0 saturated carbocycles. The van der Waals surface area contributed by atoms with Crippen molar-refractivity contribution in [3.63, 3.8) is 0 Å². The van der Waals surface area contributed by atoms with E-state index in [4.69, 9.17) is 0 Å². The normalized spacial score (nSPS) is 21.5. The lowest BCUT2D eigenvalue weighted by atomic mass is 9.87. The van der Waals surface area contributed by atoms with Gasteiger partial charge in [-0.1, -0.05) is 49.4 Å². The molecule has 2 atom stereocenters. The highest BCUT2D eigenvalue weighted by Gasteiger charge is 2.24. The summed E-state index contributed by atoms with van der Waals surface area (Å²) in [7, 11) is 0. The van der Waals surface area contributed by atoms with Gasteiger partial charge in [-0.2, -0.15) is 0 Å². The van der Waals surface area contributed by atoms with Crippen LogP contribution in [0.1, 0.15) is 30.1 Å². The van der Waals surface area contributed by atoms with Crippen molar-refractivity contribution in [2.45, 2.75) is 19.8 Å². The van der Waals surface area contributed by atoms with Crippen LogP contribution in [0.2, 0.25) is 0 Å². The van der Waals surface area contributed by atoms with Crippen molar-refractivity contribution in [2.75, 3.05) is 0 Å². The van der Waals surface area contributed by atoms with Crippen LogP contribution in [0.3, 0.4) is 0 Å². The second-order valence-corrected chi connectivity index (χ2v) is 4.19. The van der Waals surface area contributed by atoms with Crippen LogP contribution in [0.25, 0.3) is 0 Å². The Morgan fingerprint density at radius 3 is 2.67 bits per heavy atom. The molecule has 0 aliphatic heterocycles. The highest BCUT2D eigenvalue weighted by Crippen LogP contribution is 2.27. The minimum atomic E-state index is 0.117. The summed E-state index contributed by atoms with van der Waals surface area (Å²) in [5, 5.41) is 0. The molecule has 1 aromatic rings. The molecule has 0 fully saturated rings. The quantitative estimate of drug-likeness (QED) is 0.539. The fraction of sp³-hybridized carbons (Fsp3) is 0.357. The first kappa shape index (κ1) is 10.2. The van der Waals surface area contributed by atoms with Gasteiger partial charge in [0.25, 0.3) is 0 Å². The van der Waals surface area contributed by atoms with Crippen molar-refractivity contribution in [2.24, 2.45) is 11.8 Å². The summed E-state index contributed by atoms with van der Waals surface area (Å²) in [4.78, 5) is 12.1. The Balaban J connectivity index is 2.11. The largest absolute Gasteiger partial charge is 0.294 e. The zero-order valence-electron chi connectivity index (χ0n) is 9.02. The number of allylic oxidation sites excluding steroid dienone is 2. The summed E-state index contributed by atoms with van der Waals surface area (Å²) in [6.07, 6.45) is 6.61. The minimum absolute atomic E-state index is 0.117. The van der Waals surface area contributed by atoms with E-state index in [-0.39, 0.29) is 11.7 Å². The van der Waals surface area contributed by atoms with Crippen molar-refractivity contribution in [3.05, 3.63) is 48.0 Å². The van der Waals surface area contributed by atoms with Gasteiger partial charge in [0.2, 0.25) is 0 Å². The smallest absolute Gasteiger partial charge is 0.166 e. The van der Waals surface area contributed by atoms with Crippen LogP contribution >= 0.6 is 0 Å². The maximum absolute atomic E-state index is 12.1. The van der Waals surface area contributed by atoms with Gasteiger partial charge in [-0.05, 0) is 18.8 Å². The highest BCUT2D eigenvalue weighted by molar-refractivity contribution is 5.97. The minimum Gasteiger partial charge on any atom is -0.294 e. The molecule has 0 spiro atoms. The SMILES string of the molecule is CC(C(=O)c1ccccc1)C1C=CCC1. The Bertz CT molecular complexity index is 364.